The van der Waals surface area contributed by atoms with Crippen molar-refractivity contribution in [3.8, 4) is 28.6 Å². The molecule has 7 nitrogen and oxygen atoms in total. The number of hydrogen-bond acceptors (Lipinski definition) is 7. The minimum Gasteiger partial charge on any atom is -0.493 e. The van der Waals surface area contributed by atoms with Gasteiger partial charge in [0.2, 0.25) is 11.7 Å². The summed E-state index contributed by atoms with van der Waals surface area (Å²) in [6.07, 6.45) is 0. The number of rotatable bonds is 10. The maximum absolute atomic E-state index is 13.7. The van der Waals surface area contributed by atoms with Crippen molar-refractivity contribution < 1.29 is 23.5 Å². The van der Waals surface area contributed by atoms with E-state index in [1.54, 1.807) is 50.4 Å². The van der Waals surface area contributed by atoms with Crippen molar-refractivity contribution in [2.75, 3.05) is 7.11 Å². The van der Waals surface area contributed by atoms with E-state index >= 15 is 0 Å². The van der Waals surface area contributed by atoms with Crippen molar-refractivity contribution >= 4 is 5.78 Å². The van der Waals surface area contributed by atoms with Gasteiger partial charge in [-0.25, -0.2) is 0 Å². The SMILES string of the molecule is COc1cc(-c2noc(C)n2)c(C(=O)c2ccc(OCc3ccccc3)cc2)cc1OCc1ccccc1. The van der Waals surface area contributed by atoms with E-state index in [-0.39, 0.29) is 5.78 Å². The van der Waals surface area contributed by atoms with Crippen LogP contribution in [0.15, 0.2) is 102 Å². The highest BCUT2D eigenvalue weighted by Gasteiger charge is 2.22. The van der Waals surface area contributed by atoms with Gasteiger partial charge in [0.1, 0.15) is 19.0 Å². The van der Waals surface area contributed by atoms with Crippen LogP contribution >= 0.6 is 0 Å². The normalized spacial score (nSPS) is 10.7. The van der Waals surface area contributed by atoms with Crippen molar-refractivity contribution in [1.82, 2.24) is 10.1 Å². The van der Waals surface area contributed by atoms with Crippen molar-refractivity contribution in [2.45, 2.75) is 20.1 Å². The highest BCUT2D eigenvalue weighted by atomic mass is 16.5. The predicted octanol–water partition coefficient (Wildman–Crippen LogP) is 6.44. The monoisotopic (exact) mass is 506 g/mol. The van der Waals surface area contributed by atoms with Gasteiger partial charge in [-0.2, -0.15) is 4.98 Å². The largest absolute Gasteiger partial charge is 0.493 e. The van der Waals surface area contributed by atoms with Gasteiger partial charge in [0, 0.05) is 23.6 Å². The molecule has 5 aromatic rings. The quantitative estimate of drug-likeness (QED) is 0.202. The maximum atomic E-state index is 13.7. The molecule has 0 spiro atoms. The fourth-order valence-electron chi connectivity index (χ4n) is 3.95. The standard InChI is InChI=1S/C31H26N2O5/c1-21-32-31(33-38-21)27-18-28(35-2)29(37-20-23-11-7-4-8-12-23)17-26(27)30(34)24-13-15-25(16-14-24)36-19-22-9-5-3-6-10-22/h3-18H,19-20H2,1-2H3. The van der Waals surface area contributed by atoms with Crippen LogP contribution in [-0.2, 0) is 13.2 Å². The Bertz CT molecular complexity index is 1510. The van der Waals surface area contributed by atoms with Crippen LogP contribution in [0.5, 0.6) is 17.2 Å². The van der Waals surface area contributed by atoms with Gasteiger partial charge in [0.25, 0.3) is 0 Å². The van der Waals surface area contributed by atoms with Crippen LogP contribution < -0.4 is 14.2 Å². The second-order valence-corrected chi connectivity index (χ2v) is 8.59. The highest BCUT2D eigenvalue weighted by Crippen LogP contribution is 2.36. The zero-order chi connectivity index (χ0) is 26.3. The first kappa shape index (κ1) is 24.8. The molecule has 1 heterocycles. The first-order valence-corrected chi connectivity index (χ1v) is 12.1. The molecule has 4 aromatic carbocycles. The van der Waals surface area contributed by atoms with Gasteiger partial charge in [-0.15, -0.1) is 0 Å². The Morgan fingerprint density at radius 1 is 0.789 bits per heavy atom. The van der Waals surface area contributed by atoms with Gasteiger partial charge in [0.05, 0.1) is 7.11 Å². The lowest BCUT2D eigenvalue weighted by Gasteiger charge is -2.15. The van der Waals surface area contributed by atoms with Gasteiger partial charge in [0.15, 0.2) is 17.3 Å². The molecule has 0 N–H and O–H groups in total. The van der Waals surface area contributed by atoms with E-state index in [9.17, 15) is 4.79 Å². The molecule has 0 fully saturated rings. The van der Waals surface area contributed by atoms with Crippen molar-refractivity contribution in [3.63, 3.8) is 0 Å². The fourth-order valence-corrected chi connectivity index (χ4v) is 3.95. The van der Waals surface area contributed by atoms with Gasteiger partial charge in [-0.05, 0) is 47.5 Å². The summed E-state index contributed by atoms with van der Waals surface area (Å²) in [6.45, 7) is 2.45. The minimum atomic E-state index is -0.218. The number of aryl methyl sites for hydroxylation is 1. The number of carbonyl (C=O) groups is 1. The maximum Gasteiger partial charge on any atom is 0.223 e. The smallest absolute Gasteiger partial charge is 0.223 e. The Morgan fingerprint density at radius 2 is 1.42 bits per heavy atom. The molecule has 1 aromatic heterocycles. The molecule has 190 valence electrons. The second-order valence-electron chi connectivity index (χ2n) is 8.59. The number of carbonyl (C=O) groups excluding carboxylic acids is 1. The lowest BCUT2D eigenvalue weighted by molar-refractivity contribution is 0.103. The number of aromatic nitrogens is 2. The molecular formula is C31H26N2O5. The number of ketones is 1. The van der Waals surface area contributed by atoms with Crippen molar-refractivity contribution in [2.24, 2.45) is 0 Å². The Balaban J connectivity index is 1.44. The third kappa shape index (κ3) is 5.73. The van der Waals surface area contributed by atoms with E-state index in [4.69, 9.17) is 18.7 Å². The van der Waals surface area contributed by atoms with Crippen LogP contribution in [0.4, 0.5) is 0 Å². The summed E-state index contributed by atoms with van der Waals surface area (Å²) in [5.74, 6) is 2.03. The topological polar surface area (TPSA) is 83.7 Å². The molecule has 0 saturated heterocycles. The van der Waals surface area contributed by atoms with Crippen LogP contribution in [-0.4, -0.2) is 23.0 Å². The number of methoxy groups -OCH3 is 1. The Kier molecular flexibility index (Phi) is 7.45. The molecule has 0 aliphatic rings. The summed E-state index contributed by atoms with van der Waals surface area (Å²) in [5.41, 5.74) is 3.39. The number of nitrogens with zero attached hydrogens (tertiary/aromatic N) is 2. The molecule has 0 aliphatic heterocycles. The summed E-state index contributed by atoms with van der Waals surface area (Å²) in [5, 5.41) is 4.03. The van der Waals surface area contributed by atoms with E-state index in [1.807, 2.05) is 60.7 Å². The molecule has 0 amide bonds. The molecule has 5 rings (SSSR count). The first-order valence-electron chi connectivity index (χ1n) is 12.1. The highest BCUT2D eigenvalue weighted by molar-refractivity contribution is 6.13. The molecule has 0 aliphatic carbocycles. The Labute approximate surface area is 220 Å². The molecular weight excluding hydrogens is 480 g/mol. The van der Waals surface area contributed by atoms with Crippen LogP contribution in [0.2, 0.25) is 0 Å². The average molecular weight is 507 g/mol. The third-order valence-electron chi connectivity index (χ3n) is 5.92. The van der Waals surface area contributed by atoms with Gasteiger partial charge >= 0.3 is 0 Å². The lowest BCUT2D eigenvalue weighted by atomic mass is 9.97. The Morgan fingerprint density at radius 3 is 2.00 bits per heavy atom. The minimum absolute atomic E-state index is 0.218. The predicted molar refractivity (Wildman–Crippen MR) is 142 cm³/mol. The molecule has 0 radical (unpaired) electrons. The fraction of sp³-hybridized carbons (Fsp3) is 0.129. The second kappa shape index (κ2) is 11.4. The molecule has 0 bridgehead atoms. The van der Waals surface area contributed by atoms with E-state index in [1.165, 1.54) is 0 Å². The van der Waals surface area contributed by atoms with Crippen molar-refractivity contribution in [1.29, 1.82) is 0 Å². The third-order valence-corrected chi connectivity index (χ3v) is 5.92. The molecule has 0 atom stereocenters. The van der Waals surface area contributed by atoms with E-state index in [0.717, 1.165) is 11.1 Å². The van der Waals surface area contributed by atoms with Crippen LogP contribution in [0.1, 0.15) is 32.9 Å². The summed E-state index contributed by atoms with van der Waals surface area (Å²) >= 11 is 0. The van der Waals surface area contributed by atoms with E-state index in [0.29, 0.717) is 58.9 Å². The number of benzene rings is 4. The van der Waals surface area contributed by atoms with Gasteiger partial charge in [-0.1, -0.05) is 65.8 Å². The van der Waals surface area contributed by atoms with Gasteiger partial charge < -0.3 is 18.7 Å². The van der Waals surface area contributed by atoms with Gasteiger partial charge in [-0.3, -0.25) is 4.79 Å². The molecule has 0 saturated carbocycles. The average Bonchev–Trinajstić information content (AvgIpc) is 3.41. The van der Waals surface area contributed by atoms with Crippen LogP contribution in [0, 0.1) is 6.92 Å². The summed E-state index contributed by atoms with van der Waals surface area (Å²) < 4.78 is 22.7. The van der Waals surface area contributed by atoms with Crippen LogP contribution in [0.25, 0.3) is 11.4 Å². The summed E-state index contributed by atoms with van der Waals surface area (Å²) in [7, 11) is 1.55. The number of hydrogen-bond donors (Lipinski definition) is 0. The summed E-state index contributed by atoms with van der Waals surface area (Å²) in [4.78, 5) is 18.1. The summed E-state index contributed by atoms with van der Waals surface area (Å²) in [6, 6.07) is 30.1. The number of ether oxygens (including phenoxy) is 3. The van der Waals surface area contributed by atoms with Crippen molar-refractivity contribution in [3.05, 3.63) is 125 Å². The van der Waals surface area contributed by atoms with E-state index < -0.39 is 0 Å². The first-order chi connectivity index (χ1) is 18.6. The Hall–Kier alpha value is -4.91. The zero-order valence-electron chi connectivity index (χ0n) is 21.1. The van der Waals surface area contributed by atoms with E-state index in [2.05, 4.69) is 10.1 Å². The molecule has 38 heavy (non-hydrogen) atoms. The lowest BCUT2D eigenvalue weighted by Crippen LogP contribution is -2.07. The zero-order valence-corrected chi connectivity index (χ0v) is 21.1. The van der Waals surface area contributed by atoms with Crippen LogP contribution in [0.3, 0.4) is 0 Å². The molecule has 0 unspecified atom stereocenters. The molecule has 7 heteroatoms.